The van der Waals surface area contributed by atoms with Crippen LogP contribution >= 0.6 is 39.1 Å². The smallest absolute Gasteiger partial charge is 0.219 e. The molecule has 2 aromatic rings. The highest BCUT2D eigenvalue weighted by atomic mass is 79.9. The molecule has 0 saturated heterocycles. The van der Waals surface area contributed by atoms with Gasteiger partial charge in [-0.25, -0.2) is 4.98 Å². The maximum Gasteiger partial charge on any atom is 0.219 e. The lowest BCUT2D eigenvalue weighted by atomic mass is 10.3. The van der Waals surface area contributed by atoms with Gasteiger partial charge in [0.2, 0.25) is 5.88 Å². The third kappa shape index (κ3) is 4.85. The van der Waals surface area contributed by atoms with E-state index >= 15 is 0 Å². The van der Waals surface area contributed by atoms with Crippen LogP contribution in [-0.2, 0) is 6.54 Å². The Morgan fingerprint density at radius 1 is 1.19 bits per heavy atom. The van der Waals surface area contributed by atoms with Crippen molar-refractivity contribution in [2.45, 2.75) is 26.4 Å². The molecular weight excluding hydrogens is 375 g/mol. The Bertz CT molecular complexity index is 635. The van der Waals surface area contributed by atoms with E-state index in [4.69, 9.17) is 27.9 Å². The Balaban J connectivity index is 2.18. The summed E-state index contributed by atoms with van der Waals surface area (Å²) in [5, 5.41) is 4.40. The fraction of sp³-hybridized carbons (Fsp3) is 0.267. The van der Waals surface area contributed by atoms with Crippen molar-refractivity contribution < 1.29 is 4.74 Å². The van der Waals surface area contributed by atoms with Gasteiger partial charge in [0.1, 0.15) is 5.75 Å². The molecule has 0 saturated carbocycles. The first-order chi connectivity index (χ1) is 9.95. The van der Waals surface area contributed by atoms with Gasteiger partial charge in [0.15, 0.2) is 0 Å². The predicted octanol–water partition coefficient (Wildman–Crippen LogP) is 5.44. The quantitative estimate of drug-likeness (QED) is 0.738. The standard InChI is InChI=1S/C15H15BrCl2N2O/c1-9(2)19-8-13-11(17)4-6-15(20-13)21-14-5-3-10(16)7-12(14)18/h3-7,9,19H,8H2,1-2H3. The minimum absolute atomic E-state index is 0.355. The van der Waals surface area contributed by atoms with E-state index in [1.807, 2.05) is 6.07 Å². The van der Waals surface area contributed by atoms with Crippen molar-refractivity contribution in [3.8, 4) is 11.6 Å². The van der Waals surface area contributed by atoms with Crippen LogP contribution in [0.2, 0.25) is 10.0 Å². The van der Waals surface area contributed by atoms with E-state index in [1.165, 1.54) is 0 Å². The number of hydrogen-bond donors (Lipinski definition) is 1. The molecule has 1 aromatic carbocycles. The van der Waals surface area contributed by atoms with E-state index in [-0.39, 0.29) is 0 Å². The number of pyridine rings is 1. The van der Waals surface area contributed by atoms with E-state index in [1.54, 1.807) is 24.3 Å². The molecule has 0 atom stereocenters. The van der Waals surface area contributed by atoms with Crippen molar-refractivity contribution >= 4 is 39.1 Å². The van der Waals surface area contributed by atoms with Crippen LogP contribution in [0.15, 0.2) is 34.8 Å². The summed E-state index contributed by atoms with van der Waals surface area (Å²) in [7, 11) is 0. The van der Waals surface area contributed by atoms with Crippen LogP contribution in [0.1, 0.15) is 19.5 Å². The number of ether oxygens (including phenoxy) is 1. The van der Waals surface area contributed by atoms with E-state index in [2.05, 4.69) is 40.1 Å². The maximum atomic E-state index is 6.14. The SMILES string of the molecule is CC(C)NCc1nc(Oc2ccc(Br)cc2Cl)ccc1Cl. The van der Waals surface area contributed by atoms with Gasteiger partial charge in [-0.3, -0.25) is 0 Å². The molecule has 1 heterocycles. The topological polar surface area (TPSA) is 34.2 Å². The van der Waals surface area contributed by atoms with Crippen LogP contribution in [0.4, 0.5) is 0 Å². The van der Waals surface area contributed by atoms with Crippen LogP contribution in [0.5, 0.6) is 11.6 Å². The van der Waals surface area contributed by atoms with Crippen molar-refractivity contribution in [2.75, 3.05) is 0 Å². The number of rotatable bonds is 5. The van der Waals surface area contributed by atoms with Crippen molar-refractivity contribution in [1.82, 2.24) is 10.3 Å². The number of halogens is 3. The second-order valence-electron chi connectivity index (χ2n) is 4.79. The number of aromatic nitrogens is 1. The minimum Gasteiger partial charge on any atom is -0.437 e. The monoisotopic (exact) mass is 388 g/mol. The molecule has 0 aliphatic rings. The molecule has 0 fully saturated rings. The third-order valence-corrected chi connectivity index (χ3v) is 3.81. The largest absolute Gasteiger partial charge is 0.437 e. The van der Waals surface area contributed by atoms with Crippen LogP contribution in [0.3, 0.4) is 0 Å². The highest BCUT2D eigenvalue weighted by Gasteiger charge is 2.08. The number of benzene rings is 1. The van der Waals surface area contributed by atoms with E-state index in [9.17, 15) is 0 Å². The first-order valence-corrected chi connectivity index (χ1v) is 8.02. The van der Waals surface area contributed by atoms with Gasteiger partial charge in [-0.05, 0) is 24.3 Å². The molecular formula is C15H15BrCl2N2O. The van der Waals surface area contributed by atoms with Gasteiger partial charge < -0.3 is 10.1 Å². The molecule has 0 unspecified atom stereocenters. The molecule has 112 valence electrons. The Hall–Kier alpha value is -0.810. The zero-order valence-electron chi connectivity index (χ0n) is 11.7. The second-order valence-corrected chi connectivity index (χ2v) is 6.52. The van der Waals surface area contributed by atoms with Crippen molar-refractivity contribution in [3.05, 3.63) is 50.5 Å². The Kier molecular flexibility index (Phi) is 5.88. The zero-order valence-corrected chi connectivity index (χ0v) is 14.8. The molecule has 0 radical (unpaired) electrons. The normalized spacial score (nSPS) is 11.0. The average molecular weight is 390 g/mol. The lowest BCUT2D eigenvalue weighted by Crippen LogP contribution is -2.22. The van der Waals surface area contributed by atoms with Gasteiger partial charge in [-0.15, -0.1) is 0 Å². The lowest BCUT2D eigenvalue weighted by molar-refractivity contribution is 0.458. The Labute approximate surface area is 142 Å². The van der Waals surface area contributed by atoms with Gasteiger partial charge in [0.05, 0.1) is 15.7 Å². The minimum atomic E-state index is 0.355. The van der Waals surface area contributed by atoms with Gasteiger partial charge >= 0.3 is 0 Å². The highest BCUT2D eigenvalue weighted by molar-refractivity contribution is 9.10. The Morgan fingerprint density at radius 2 is 1.95 bits per heavy atom. The lowest BCUT2D eigenvalue weighted by Gasteiger charge is -2.11. The van der Waals surface area contributed by atoms with Crippen LogP contribution < -0.4 is 10.1 Å². The summed E-state index contributed by atoms with van der Waals surface area (Å²) in [6, 6.07) is 9.27. The zero-order chi connectivity index (χ0) is 15.4. The fourth-order valence-corrected chi connectivity index (χ4v) is 2.50. The summed E-state index contributed by atoms with van der Waals surface area (Å²) in [5.41, 5.74) is 0.746. The van der Waals surface area contributed by atoms with Gasteiger partial charge in [-0.1, -0.05) is 53.0 Å². The molecule has 1 aromatic heterocycles. The molecule has 0 amide bonds. The van der Waals surface area contributed by atoms with Crippen LogP contribution in [-0.4, -0.2) is 11.0 Å². The summed E-state index contributed by atoms with van der Waals surface area (Å²) >= 11 is 15.6. The number of hydrogen-bond acceptors (Lipinski definition) is 3. The van der Waals surface area contributed by atoms with E-state index in [0.717, 1.165) is 10.2 Å². The van der Waals surface area contributed by atoms with Gasteiger partial charge in [0, 0.05) is 23.1 Å². The van der Waals surface area contributed by atoms with Crippen molar-refractivity contribution in [3.63, 3.8) is 0 Å². The molecule has 6 heteroatoms. The molecule has 0 aliphatic heterocycles. The average Bonchev–Trinajstić information content (AvgIpc) is 2.42. The first kappa shape index (κ1) is 16.6. The Morgan fingerprint density at radius 3 is 2.62 bits per heavy atom. The van der Waals surface area contributed by atoms with E-state index in [0.29, 0.717) is 34.3 Å². The molecule has 0 bridgehead atoms. The molecule has 1 N–H and O–H groups in total. The maximum absolute atomic E-state index is 6.14. The molecule has 0 spiro atoms. The molecule has 21 heavy (non-hydrogen) atoms. The summed E-state index contributed by atoms with van der Waals surface area (Å²) in [4.78, 5) is 4.42. The summed E-state index contributed by atoms with van der Waals surface area (Å²) < 4.78 is 6.61. The molecule has 2 rings (SSSR count). The highest BCUT2D eigenvalue weighted by Crippen LogP contribution is 2.31. The fourth-order valence-electron chi connectivity index (χ4n) is 1.62. The second kappa shape index (κ2) is 7.45. The number of nitrogens with zero attached hydrogens (tertiary/aromatic N) is 1. The molecule has 0 aliphatic carbocycles. The predicted molar refractivity (Wildman–Crippen MR) is 90.4 cm³/mol. The van der Waals surface area contributed by atoms with Gasteiger partial charge in [-0.2, -0.15) is 0 Å². The first-order valence-electron chi connectivity index (χ1n) is 6.47. The summed E-state index contributed by atoms with van der Waals surface area (Å²) in [6.45, 7) is 4.72. The van der Waals surface area contributed by atoms with E-state index < -0.39 is 0 Å². The van der Waals surface area contributed by atoms with Crippen LogP contribution in [0, 0.1) is 0 Å². The summed E-state index contributed by atoms with van der Waals surface area (Å²) in [6.07, 6.45) is 0. The van der Waals surface area contributed by atoms with Crippen molar-refractivity contribution in [1.29, 1.82) is 0 Å². The van der Waals surface area contributed by atoms with Crippen LogP contribution in [0.25, 0.3) is 0 Å². The van der Waals surface area contributed by atoms with Crippen molar-refractivity contribution in [2.24, 2.45) is 0 Å². The third-order valence-electron chi connectivity index (χ3n) is 2.68. The van der Waals surface area contributed by atoms with Gasteiger partial charge in [0.25, 0.3) is 0 Å². The number of nitrogens with one attached hydrogen (secondary N) is 1. The molecule has 3 nitrogen and oxygen atoms in total. The summed E-state index contributed by atoms with van der Waals surface area (Å²) in [5.74, 6) is 1.02.